The van der Waals surface area contributed by atoms with E-state index in [-0.39, 0.29) is 5.02 Å². The summed E-state index contributed by atoms with van der Waals surface area (Å²) in [4.78, 5) is 4.41. The first-order chi connectivity index (χ1) is 8.72. The van der Waals surface area contributed by atoms with Gasteiger partial charge in [-0.15, -0.1) is 11.3 Å². The van der Waals surface area contributed by atoms with Crippen LogP contribution in [-0.2, 0) is 6.54 Å². The topological polar surface area (TPSA) is 24.9 Å². The normalized spacial score (nSPS) is 10.8. The van der Waals surface area contributed by atoms with Gasteiger partial charge in [0, 0.05) is 17.5 Å². The summed E-state index contributed by atoms with van der Waals surface area (Å²) in [5.74, 6) is -0.401. The van der Waals surface area contributed by atoms with E-state index in [9.17, 15) is 4.39 Å². The standard InChI is InChI=1S/C13H14ClFN2S/c1-2-6-16-7-9-8-18-13(17-9)10-4-3-5-11(14)12(10)15/h3-5,8,16H,2,6-7H2,1H3. The first-order valence-electron chi connectivity index (χ1n) is 5.82. The Morgan fingerprint density at radius 3 is 3.06 bits per heavy atom. The van der Waals surface area contributed by atoms with Gasteiger partial charge in [-0.3, -0.25) is 0 Å². The SMILES string of the molecule is CCCNCc1csc(-c2cccc(Cl)c2F)n1. The van der Waals surface area contributed by atoms with Crippen molar-refractivity contribution in [2.24, 2.45) is 0 Å². The van der Waals surface area contributed by atoms with Gasteiger partial charge in [0.15, 0.2) is 5.82 Å². The maximum Gasteiger partial charge on any atom is 0.152 e. The summed E-state index contributed by atoms with van der Waals surface area (Å²) in [6.45, 7) is 3.78. The van der Waals surface area contributed by atoms with Crippen LogP contribution in [0.15, 0.2) is 23.6 Å². The van der Waals surface area contributed by atoms with Crippen molar-refractivity contribution < 1.29 is 4.39 Å². The molecule has 1 aromatic heterocycles. The number of aromatic nitrogens is 1. The lowest BCUT2D eigenvalue weighted by atomic mass is 10.2. The number of nitrogens with one attached hydrogen (secondary N) is 1. The smallest absolute Gasteiger partial charge is 0.152 e. The third-order valence-electron chi connectivity index (χ3n) is 2.47. The summed E-state index contributed by atoms with van der Waals surface area (Å²) < 4.78 is 13.8. The molecule has 0 unspecified atom stereocenters. The molecular formula is C13H14ClFN2S. The lowest BCUT2D eigenvalue weighted by Crippen LogP contribution is -2.13. The number of thiazole rings is 1. The molecule has 2 rings (SSSR count). The summed E-state index contributed by atoms with van der Waals surface area (Å²) >= 11 is 7.20. The number of hydrogen-bond acceptors (Lipinski definition) is 3. The molecule has 0 saturated heterocycles. The van der Waals surface area contributed by atoms with Crippen LogP contribution in [0.1, 0.15) is 19.0 Å². The van der Waals surface area contributed by atoms with Crippen LogP contribution in [0.25, 0.3) is 10.6 Å². The van der Waals surface area contributed by atoms with Crippen LogP contribution in [0.4, 0.5) is 4.39 Å². The lowest BCUT2D eigenvalue weighted by molar-refractivity contribution is 0.631. The zero-order chi connectivity index (χ0) is 13.0. The second-order valence-corrected chi connectivity index (χ2v) is 5.19. The van der Waals surface area contributed by atoms with Crippen LogP contribution in [0.5, 0.6) is 0 Å². The van der Waals surface area contributed by atoms with Gasteiger partial charge in [-0.1, -0.05) is 24.6 Å². The fraction of sp³-hybridized carbons (Fsp3) is 0.308. The Hall–Kier alpha value is -0.970. The molecule has 1 heterocycles. The van der Waals surface area contributed by atoms with Crippen LogP contribution < -0.4 is 5.32 Å². The second-order valence-electron chi connectivity index (χ2n) is 3.92. The highest BCUT2D eigenvalue weighted by molar-refractivity contribution is 7.13. The molecule has 1 N–H and O–H groups in total. The first kappa shape index (κ1) is 13.5. The Labute approximate surface area is 115 Å². The molecule has 2 nitrogen and oxygen atoms in total. The molecular weight excluding hydrogens is 271 g/mol. The summed E-state index contributed by atoms with van der Waals surface area (Å²) in [5, 5.41) is 6.01. The number of nitrogens with zero attached hydrogens (tertiary/aromatic N) is 1. The van der Waals surface area contributed by atoms with Gasteiger partial charge < -0.3 is 5.32 Å². The molecule has 0 spiro atoms. The fourth-order valence-corrected chi connectivity index (χ4v) is 2.59. The van der Waals surface area contributed by atoms with Crippen molar-refractivity contribution >= 4 is 22.9 Å². The van der Waals surface area contributed by atoms with E-state index in [0.29, 0.717) is 17.1 Å². The quantitative estimate of drug-likeness (QED) is 0.836. The summed E-state index contributed by atoms with van der Waals surface area (Å²) in [5.41, 5.74) is 1.40. The van der Waals surface area contributed by atoms with Crippen molar-refractivity contribution in [3.05, 3.63) is 40.1 Å². The minimum absolute atomic E-state index is 0.133. The number of rotatable bonds is 5. The second kappa shape index (κ2) is 6.27. The van der Waals surface area contributed by atoms with E-state index in [1.807, 2.05) is 5.38 Å². The van der Waals surface area contributed by atoms with Crippen molar-refractivity contribution in [2.45, 2.75) is 19.9 Å². The summed E-state index contributed by atoms with van der Waals surface area (Å²) in [7, 11) is 0. The molecule has 96 valence electrons. The van der Waals surface area contributed by atoms with E-state index in [2.05, 4.69) is 17.2 Å². The van der Waals surface area contributed by atoms with E-state index in [4.69, 9.17) is 11.6 Å². The summed E-state index contributed by atoms with van der Waals surface area (Å²) in [6.07, 6.45) is 1.08. The molecule has 2 aromatic rings. The molecule has 0 fully saturated rings. The van der Waals surface area contributed by atoms with Crippen molar-refractivity contribution in [3.63, 3.8) is 0 Å². The molecule has 0 amide bonds. The number of hydrogen-bond donors (Lipinski definition) is 1. The van der Waals surface area contributed by atoms with Crippen LogP contribution in [0, 0.1) is 5.82 Å². The number of benzene rings is 1. The lowest BCUT2D eigenvalue weighted by Gasteiger charge is -2.01. The highest BCUT2D eigenvalue weighted by Gasteiger charge is 2.11. The van der Waals surface area contributed by atoms with E-state index in [1.54, 1.807) is 12.1 Å². The Balaban J connectivity index is 2.16. The van der Waals surface area contributed by atoms with Gasteiger partial charge in [0.05, 0.1) is 10.7 Å². The van der Waals surface area contributed by atoms with Gasteiger partial charge in [0.2, 0.25) is 0 Å². The molecule has 0 radical (unpaired) electrons. The molecule has 0 aliphatic rings. The predicted molar refractivity (Wildman–Crippen MR) is 74.5 cm³/mol. The molecule has 5 heteroatoms. The molecule has 0 aliphatic heterocycles. The van der Waals surface area contributed by atoms with Crippen molar-refractivity contribution in [1.82, 2.24) is 10.3 Å². The monoisotopic (exact) mass is 284 g/mol. The molecule has 0 saturated carbocycles. The van der Waals surface area contributed by atoms with Gasteiger partial charge in [0.1, 0.15) is 5.01 Å². The Bertz CT molecular complexity index is 527. The van der Waals surface area contributed by atoms with Gasteiger partial charge in [-0.2, -0.15) is 0 Å². The molecule has 0 aliphatic carbocycles. The zero-order valence-electron chi connectivity index (χ0n) is 10.0. The Kier molecular flexibility index (Phi) is 4.69. The highest BCUT2D eigenvalue weighted by Crippen LogP contribution is 2.29. The van der Waals surface area contributed by atoms with Gasteiger partial charge >= 0.3 is 0 Å². The van der Waals surface area contributed by atoms with E-state index >= 15 is 0 Å². The van der Waals surface area contributed by atoms with Gasteiger partial charge in [-0.25, -0.2) is 9.37 Å². The van der Waals surface area contributed by atoms with Crippen LogP contribution in [-0.4, -0.2) is 11.5 Å². The van der Waals surface area contributed by atoms with Crippen molar-refractivity contribution in [1.29, 1.82) is 0 Å². The largest absolute Gasteiger partial charge is 0.311 e. The molecule has 0 bridgehead atoms. The number of halogens is 2. The molecule has 0 atom stereocenters. The molecule has 1 aromatic carbocycles. The van der Waals surface area contributed by atoms with Crippen LogP contribution >= 0.6 is 22.9 Å². The minimum atomic E-state index is -0.401. The van der Waals surface area contributed by atoms with Gasteiger partial charge in [0.25, 0.3) is 0 Å². The van der Waals surface area contributed by atoms with Gasteiger partial charge in [-0.05, 0) is 25.1 Å². The van der Waals surface area contributed by atoms with Crippen molar-refractivity contribution in [2.75, 3.05) is 6.54 Å². The predicted octanol–water partition coefficient (Wildman–Crippen LogP) is 4.10. The molecule has 18 heavy (non-hydrogen) atoms. The Morgan fingerprint density at radius 2 is 2.28 bits per heavy atom. The van der Waals surface area contributed by atoms with E-state index in [1.165, 1.54) is 17.4 Å². The fourth-order valence-electron chi connectivity index (χ4n) is 1.57. The van der Waals surface area contributed by atoms with Crippen LogP contribution in [0.3, 0.4) is 0 Å². The van der Waals surface area contributed by atoms with Crippen LogP contribution in [0.2, 0.25) is 5.02 Å². The van der Waals surface area contributed by atoms with E-state index < -0.39 is 5.82 Å². The van der Waals surface area contributed by atoms with E-state index in [0.717, 1.165) is 18.7 Å². The zero-order valence-corrected chi connectivity index (χ0v) is 11.6. The summed E-state index contributed by atoms with van der Waals surface area (Å²) in [6, 6.07) is 4.97. The minimum Gasteiger partial charge on any atom is -0.311 e. The first-order valence-corrected chi connectivity index (χ1v) is 7.07. The average molecular weight is 285 g/mol. The third kappa shape index (κ3) is 3.07. The Morgan fingerprint density at radius 1 is 1.44 bits per heavy atom. The maximum atomic E-state index is 13.8. The maximum absolute atomic E-state index is 13.8. The third-order valence-corrected chi connectivity index (χ3v) is 3.68. The van der Waals surface area contributed by atoms with Crippen molar-refractivity contribution in [3.8, 4) is 10.6 Å². The average Bonchev–Trinajstić information content (AvgIpc) is 2.82. The highest BCUT2D eigenvalue weighted by atomic mass is 35.5.